The fourth-order valence-corrected chi connectivity index (χ4v) is 7.57. The second-order valence-electron chi connectivity index (χ2n) is 15.7. The Morgan fingerprint density at radius 2 is 1.06 bits per heavy atom. The first-order chi connectivity index (χ1) is 24.5. The molecule has 50 heavy (non-hydrogen) atoms. The largest absolute Gasteiger partial charge is 0.508 e. The predicted octanol–water partition coefficient (Wildman–Crippen LogP) is 13.4. The van der Waals surface area contributed by atoms with Gasteiger partial charge in [-0.25, -0.2) is 4.79 Å². The predicted molar refractivity (Wildman–Crippen MR) is 212 cm³/mol. The summed E-state index contributed by atoms with van der Waals surface area (Å²) in [6.45, 7) is 13.2. The average Bonchev–Trinajstić information content (AvgIpc) is 3.12. The second-order valence-corrected chi connectivity index (χ2v) is 15.7. The molecule has 0 aromatic heterocycles. The molecule has 0 bridgehead atoms. The molecule has 0 N–H and O–H groups in total. The third-order valence-electron chi connectivity index (χ3n) is 11.1. The second kappa shape index (κ2) is 34.8. The minimum absolute atomic E-state index is 0.0248. The van der Waals surface area contributed by atoms with Crippen molar-refractivity contribution in [3.05, 3.63) is 0 Å². The summed E-state index contributed by atoms with van der Waals surface area (Å²) in [5, 5.41) is 0. The Bertz CT molecular complexity index is 737. The van der Waals surface area contributed by atoms with Crippen molar-refractivity contribution in [2.75, 3.05) is 32.8 Å². The number of carbonyl (C=O) groups excluding carboxylic acids is 2. The molecule has 1 aliphatic rings. The van der Waals surface area contributed by atoms with E-state index in [1.807, 2.05) is 0 Å². The van der Waals surface area contributed by atoms with Crippen molar-refractivity contribution in [2.24, 2.45) is 11.8 Å². The minimum atomic E-state index is -0.489. The molecular weight excluding hydrogens is 622 g/mol. The van der Waals surface area contributed by atoms with E-state index in [4.69, 9.17) is 14.2 Å². The lowest BCUT2D eigenvalue weighted by Gasteiger charge is -2.28. The van der Waals surface area contributed by atoms with E-state index in [2.05, 4.69) is 32.6 Å². The molecule has 0 aromatic rings. The van der Waals surface area contributed by atoms with E-state index in [0.29, 0.717) is 25.6 Å². The van der Waals surface area contributed by atoms with Crippen LogP contribution in [0.5, 0.6) is 0 Å². The minimum Gasteiger partial charge on any atom is -0.462 e. The fourth-order valence-electron chi connectivity index (χ4n) is 7.57. The molecule has 296 valence electrons. The zero-order chi connectivity index (χ0) is 36.3. The van der Waals surface area contributed by atoms with Gasteiger partial charge < -0.3 is 19.1 Å². The molecule has 1 rings (SSSR count). The quantitative estimate of drug-likeness (QED) is 0.0482. The molecule has 6 heteroatoms. The van der Waals surface area contributed by atoms with Crippen molar-refractivity contribution < 1.29 is 23.8 Å². The van der Waals surface area contributed by atoms with Crippen LogP contribution in [0, 0.1) is 11.8 Å². The standard InChI is InChI=1S/C44H85NO5/c1-5-9-12-14-17-22-29-42(30-23-18-15-13-10-6-2)50-43(46)31-24-19-16-20-25-36-45(8-4)37-26-27-38-48-44(47)49-39-41-34-32-40(33-35-41)28-21-11-7-3/h40-42H,5-39H2,1-4H3. The van der Waals surface area contributed by atoms with Crippen molar-refractivity contribution in [2.45, 2.75) is 226 Å². The van der Waals surface area contributed by atoms with Gasteiger partial charge >= 0.3 is 12.1 Å². The van der Waals surface area contributed by atoms with Gasteiger partial charge in [0.1, 0.15) is 6.10 Å². The van der Waals surface area contributed by atoms with Crippen LogP contribution in [-0.2, 0) is 19.0 Å². The van der Waals surface area contributed by atoms with Crippen molar-refractivity contribution in [1.82, 2.24) is 4.90 Å². The number of carbonyl (C=O) groups is 2. The Morgan fingerprint density at radius 1 is 0.560 bits per heavy atom. The van der Waals surface area contributed by atoms with Crippen molar-refractivity contribution in [3.63, 3.8) is 0 Å². The Hall–Kier alpha value is -1.30. The third-order valence-corrected chi connectivity index (χ3v) is 11.1. The lowest BCUT2D eigenvalue weighted by molar-refractivity contribution is -0.150. The highest BCUT2D eigenvalue weighted by molar-refractivity contribution is 5.69. The summed E-state index contributed by atoms with van der Waals surface area (Å²) in [5.41, 5.74) is 0. The van der Waals surface area contributed by atoms with Crippen LogP contribution in [0.1, 0.15) is 220 Å². The average molecular weight is 708 g/mol. The van der Waals surface area contributed by atoms with E-state index < -0.39 is 6.16 Å². The van der Waals surface area contributed by atoms with Crippen molar-refractivity contribution in [3.8, 4) is 0 Å². The molecular formula is C44H85NO5. The topological polar surface area (TPSA) is 65.1 Å². The maximum Gasteiger partial charge on any atom is 0.508 e. The summed E-state index contributed by atoms with van der Waals surface area (Å²) < 4.78 is 16.8. The van der Waals surface area contributed by atoms with Crippen LogP contribution in [0.4, 0.5) is 4.79 Å². The summed E-state index contributed by atoms with van der Waals surface area (Å²) >= 11 is 0. The van der Waals surface area contributed by atoms with E-state index in [1.54, 1.807) is 0 Å². The third kappa shape index (κ3) is 28.3. The van der Waals surface area contributed by atoms with Gasteiger partial charge in [0.2, 0.25) is 0 Å². The molecule has 1 saturated carbocycles. The van der Waals surface area contributed by atoms with Crippen LogP contribution < -0.4 is 0 Å². The number of nitrogens with zero attached hydrogens (tertiary/aromatic N) is 1. The van der Waals surface area contributed by atoms with E-state index in [-0.39, 0.29) is 12.1 Å². The lowest BCUT2D eigenvalue weighted by Crippen LogP contribution is -2.26. The van der Waals surface area contributed by atoms with Gasteiger partial charge in [-0.2, -0.15) is 0 Å². The number of esters is 1. The smallest absolute Gasteiger partial charge is 0.462 e. The highest BCUT2D eigenvalue weighted by Gasteiger charge is 2.22. The first-order valence-electron chi connectivity index (χ1n) is 22.2. The Kier molecular flexibility index (Phi) is 32.5. The van der Waals surface area contributed by atoms with Gasteiger partial charge in [0.15, 0.2) is 0 Å². The highest BCUT2D eigenvalue weighted by atomic mass is 16.7. The number of ether oxygens (including phenoxy) is 3. The summed E-state index contributed by atoms with van der Waals surface area (Å²) in [6.07, 6.45) is 35.6. The van der Waals surface area contributed by atoms with Crippen LogP contribution in [0.25, 0.3) is 0 Å². The summed E-state index contributed by atoms with van der Waals surface area (Å²) in [6, 6.07) is 0. The van der Waals surface area contributed by atoms with Crippen LogP contribution in [0.2, 0.25) is 0 Å². The molecule has 1 fully saturated rings. The van der Waals surface area contributed by atoms with E-state index >= 15 is 0 Å². The van der Waals surface area contributed by atoms with Gasteiger partial charge in [0, 0.05) is 6.42 Å². The zero-order valence-electron chi connectivity index (χ0n) is 34.0. The molecule has 0 aliphatic heterocycles. The molecule has 0 amide bonds. The molecule has 0 aromatic carbocycles. The van der Waals surface area contributed by atoms with Crippen LogP contribution in [0.3, 0.4) is 0 Å². The maximum atomic E-state index is 12.7. The van der Waals surface area contributed by atoms with Gasteiger partial charge in [0.25, 0.3) is 0 Å². The Labute approximate surface area is 311 Å². The molecule has 0 atom stereocenters. The van der Waals surface area contributed by atoms with Crippen molar-refractivity contribution in [1.29, 1.82) is 0 Å². The van der Waals surface area contributed by atoms with Gasteiger partial charge in [0.05, 0.1) is 13.2 Å². The van der Waals surface area contributed by atoms with Crippen LogP contribution in [-0.4, -0.2) is 56.0 Å². The zero-order valence-corrected chi connectivity index (χ0v) is 34.0. The SMILES string of the molecule is CCCCCCCCC(CCCCCCCC)OC(=O)CCCCCCCN(CC)CCCCOC(=O)OCC1CCC(CCCCC)CC1. The van der Waals surface area contributed by atoms with Crippen molar-refractivity contribution >= 4 is 12.1 Å². The fraction of sp³-hybridized carbons (Fsp3) is 0.955. The summed E-state index contributed by atoms with van der Waals surface area (Å²) in [7, 11) is 0. The first kappa shape index (κ1) is 46.7. The van der Waals surface area contributed by atoms with E-state index in [1.165, 1.54) is 148 Å². The normalized spacial score (nSPS) is 16.3. The molecule has 0 unspecified atom stereocenters. The molecule has 1 aliphatic carbocycles. The van der Waals surface area contributed by atoms with Gasteiger partial charge in [-0.1, -0.05) is 150 Å². The summed E-state index contributed by atoms with van der Waals surface area (Å²) in [4.78, 5) is 27.3. The monoisotopic (exact) mass is 708 g/mol. The number of hydrogen-bond donors (Lipinski definition) is 0. The molecule has 0 radical (unpaired) electrons. The molecule has 0 heterocycles. The maximum absolute atomic E-state index is 12.7. The molecule has 0 spiro atoms. The number of hydrogen-bond acceptors (Lipinski definition) is 6. The van der Waals surface area contributed by atoms with E-state index in [0.717, 1.165) is 64.1 Å². The lowest BCUT2D eigenvalue weighted by atomic mass is 9.80. The number of rotatable bonds is 35. The van der Waals surface area contributed by atoms with Gasteiger partial charge in [-0.05, 0) is 95.7 Å². The van der Waals surface area contributed by atoms with Gasteiger partial charge in [-0.3, -0.25) is 4.79 Å². The highest BCUT2D eigenvalue weighted by Crippen LogP contribution is 2.32. The Morgan fingerprint density at radius 3 is 1.66 bits per heavy atom. The number of unbranched alkanes of at least 4 members (excludes halogenated alkanes) is 17. The van der Waals surface area contributed by atoms with Gasteiger partial charge in [-0.15, -0.1) is 0 Å². The Balaban J connectivity index is 2.07. The first-order valence-corrected chi connectivity index (χ1v) is 22.2. The van der Waals surface area contributed by atoms with Crippen LogP contribution in [0.15, 0.2) is 0 Å². The summed E-state index contributed by atoms with van der Waals surface area (Å²) in [5.74, 6) is 1.42. The molecule has 6 nitrogen and oxygen atoms in total. The van der Waals surface area contributed by atoms with Crippen LogP contribution >= 0.6 is 0 Å². The van der Waals surface area contributed by atoms with E-state index in [9.17, 15) is 9.59 Å². The molecule has 0 saturated heterocycles.